The number of amidine groups is 2. The van der Waals surface area contributed by atoms with Crippen molar-refractivity contribution in [2.45, 2.75) is 51.1 Å². The molecule has 1 saturated heterocycles. The predicted octanol–water partition coefficient (Wildman–Crippen LogP) is 2.88. The van der Waals surface area contributed by atoms with Crippen molar-refractivity contribution in [2.24, 2.45) is 15.4 Å². The highest BCUT2D eigenvalue weighted by Crippen LogP contribution is 2.37. The van der Waals surface area contributed by atoms with Crippen LogP contribution in [0.5, 0.6) is 0 Å². The van der Waals surface area contributed by atoms with Crippen LogP contribution in [0.15, 0.2) is 22.1 Å². The molecular formula is C15H20N4S. The largest absolute Gasteiger partial charge is 0.358 e. The third-order valence-corrected chi connectivity index (χ3v) is 5.81. The number of nitrogens with one attached hydrogen (secondary N) is 1. The van der Waals surface area contributed by atoms with Gasteiger partial charge < -0.3 is 5.32 Å². The van der Waals surface area contributed by atoms with Gasteiger partial charge in [0.2, 0.25) is 0 Å². The summed E-state index contributed by atoms with van der Waals surface area (Å²) in [4.78, 5) is 9.18. The molecule has 1 N–H and O–H groups in total. The van der Waals surface area contributed by atoms with Crippen molar-refractivity contribution in [3.63, 3.8) is 0 Å². The first-order valence-corrected chi connectivity index (χ1v) is 8.22. The number of dihydropyridines is 1. The standard InChI is InChI=1S/C15H20N4S/c1-11-14(2,9-16)8-5-12(17-11)18-13-19-15(10-20-13)6-3-4-7-15/h5,8,11H,3-4,6-7,10H2,1-2H3,(H,17,18,19). The Bertz CT molecular complexity index is 537. The maximum absolute atomic E-state index is 9.21. The van der Waals surface area contributed by atoms with Crippen LogP contribution in [-0.4, -0.2) is 28.3 Å². The zero-order valence-corrected chi connectivity index (χ0v) is 12.8. The van der Waals surface area contributed by atoms with Crippen LogP contribution in [0.2, 0.25) is 0 Å². The highest BCUT2D eigenvalue weighted by Gasteiger charge is 2.40. The Labute approximate surface area is 124 Å². The molecule has 0 aromatic carbocycles. The first-order chi connectivity index (χ1) is 9.55. The van der Waals surface area contributed by atoms with Crippen molar-refractivity contribution in [3.05, 3.63) is 12.2 Å². The van der Waals surface area contributed by atoms with Crippen LogP contribution < -0.4 is 5.32 Å². The van der Waals surface area contributed by atoms with E-state index in [4.69, 9.17) is 0 Å². The Morgan fingerprint density at radius 1 is 1.50 bits per heavy atom. The van der Waals surface area contributed by atoms with Crippen molar-refractivity contribution < 1.29 is 0 Å². The second-order valence-electron chi connectivity index (χ2n) is 6.21. The molecule has 4 nitrogen and oxygen atoms in total. The fraction of sp³-hybridized carbons (Fsp3) is 0.667. The summed E-state index contributed by atoms with van der Waals surface area (Å²) in [5.74, 6) is 1.85. The molecule has 0 amide bonds. The summed E-state index contributed by atoms with van der Waals surface area (Å²) in [5.41, 5.74) is -0.220. The van der Waals surface area contributed by atoms with Crippen LogP contribution in [0, 0.1) is 16.7 Å². The van der Waals surface area contributed by atoms with Crippen molar-refractivity contribution in [2.75, 3.05) is 5.75 Å². The van der Waals surface area contributed by atoms with E-state index in [1.807, 2.05) is 26.0 Å². The number of rotatable bonds is 0. The molecule has 2 heterocycles. The lowest BCUT2D eigenvalue weighted by Crippen LogP contribution is -2.40. The first kappa shape index (κ1) is 13.7. The van der Waals surface area contributed by atoms with Gasteiger partial charge in [0.25, 0.3) is 0 Å². The van der Waals surface area contributed by atoms with E-state index in [1.165, 1.54) is 25.7 Å². The molecule has 1 spiro atoms. The summed E-state index contributed by atoms with van der Waals surface area (Å²) < 4.78 is 0. The molecule has 0 aromatic rings. The highest BCUT2D eigenvalue weighted by molar-refractivity contribution is 8.14. The van der Waals surface area contributed by atoms with Gasteiger partial charge in [0, 0.05) is 11.3 Å². The molecule has 106 valence electrons. The van der Waals surface area contributed by atoms with Gasteiger partial charge in [-0.25, -0.2) is 4.99 Å². The van der Waals surface area contributed by atoms with Crippen molar-refractivity contribution >= 4 is 22.8 Å². The van der Waals surface area contributed by atoms with Gasteiger partial charge in [0.15, 0.2) is 5.17 Å². The minimum atomic E-state index is -0.507. The van der Waals surface area contributed by atoms with Gasteiger partial charge in [0.05, 0.1) is 17.5 Å². The molecule has 0 radical (unpaired) electrons. The van der Waals surface area contributed by atoms with Crippen molar-refractivity contribution in [1.29, 1.82) is 5.26 Å². The van der Waals surface area contributed by atoms with Gasteiger partial charge in [-0.05, 0) is 32.8 Å². The molecule has 1 aliphatic carbocycles. The Kier molecular flexibility index (Phi) is 3.37. The van der Waals surface area contributed by atoms with Crippen LogP contribution in [0.3, 0.4) is 0 Å². The molecule has 0 bridgehead atoms. The van der Waals surface area contributed by atoms with Gasteiger partial charge in [-0.15, -0.1) is 0 Å². The molecule has 3 rings (SSSR count). The van der Waals surface area contributed by atoms with Gasteiger partial charge in [-0.3, -0.25) is 4.99 Å². The molecule has 2 fully saturated rings. The zero-order chi connectivity index (χ0) is 14.2. The van der Waals surface area contributed by atoms with Gasteiger partial charge in [0.1, 0.15) is 5.84 Å². The average Bonchev–Trinajstić information content (AvgIpc) is 3.05. The third kappa shape index (κ3) is 2.37. The Hall–Kier alpha value is -1.28. The minimum absolute atomic E-state index is 0.0521. The molecule has 1 saturated carbocycles. The van der Waals surface area contributed by atoms with Crippen LogP contribution in [0.1, 0.15) is 39.5 Å². The van der Waals surface area contributed by atoms with Crippen molar-refractivity contribution in [1.82, 2.24) is 5.32 Å². The van der Waals surface area contributed by atoms with Gasteiger partial charge >= 0.3 is 0 Å². The van der Waals surface area contributed by atoms with E-state index < -0.39 is 5.41 Å². The summed E-state index contributed by atoms with van der Waals surface area (Å²) in [7, 11) is 0. The second-order valence-corrected chi connectivity index (χ2v) is 7.17. The molecule has 3 aliphatic rings. The van der Waals surface area contributed by atoms with E-state index in [1.54, 1.807) is 11.8 Å². The Balaban J connectivity index is 1.74. The fourth-order valence-corrected chi connectivity index (χ4v) is 4.17. The quantitative estimate of drug-likeness (QED) is 0.745. The van der Waals surface area contributed by atoms with E-state index in [0.717, 1.165) is 16.8 Å². The molecule has 20 heavy (non-hydrogen) atoms. The van der Waals surface area contributed by atoms with Gasteiger partial charge in [-0.2, -0.15) is 5.26 Å². The van der Waals surface area contributed by atoms with Crippen LogP contribution >= 0.6 is 11.8 Å². The molecular weight excluding hydrogens is 268 g/mol. The number of aliphatic imine (C=N–C) groups is 2. The van der Waals surface area contributed by atoms with Crippen molar-refractivity contribution in [3.8, 4) is 6.07 Å². The predicted molar refractivity (Wildman–Crippen MR) is 84.0 cm³/mol. The van der Waals surface area contributed by atoms with E-state index in [-0.39, 0.29) is 11.6 Å². The summed E-state index contributed by atoms with van der Waals surface area (Å²) in [6, 6.07) is 2.27. The first-order valence-electron chi connectivity index (χ1n) is 7.23. The lowest BCUT2D eigenvalue weighted by atomic mass is 9.83. The second kappa shape index (κ2) is 4.92. The minimum Gasteiger partial charge on any atom is -0.358 e. The number of nitriles is 1. The van der Waals surface area contributed by atoms with Gasteiger partial charge in [-0.1, -0.05) is 30.7 Å². The highest BCUT2D eigenvalue weighted by atomic mass is 32.2. The Morgan fingerprint density at radius 2 is 2.25 bits per heavy atom. The maximum Gasteiger partial charge on any atom is 0.164 e. The maximum atomic E-state index is 9.21. The van der Waals surface area contributed by atoms with E-state index in [9.17, 15) is 5.26 Å². The molecule has 5 heteroatoms. The number of nitrogens with zero attached hydrogens (tertiary/aromatic N) is 3. The summed E-state index contributed by atoms with van der Waals surface area (Å²) in [5, 5.41) is 13.8. The lowest BCUT2D eigenvalue weighted by Gasteiger charge is -2.25. The van der Waals surface area contributed by atoms with E-state index >= 15 is 0 Å². The van der Waals surface area contributed by atoms with E-state index in [2.05, 4.69) is 21.4 Å². The Morgan fingerprint density at radius 3 is 2.90 bits per heavy atom. The summed E-state index contributed by atoms with van der Waals surface area (Å²) in [6.07, 6.45) is 8.94. The van der Waals surface area contributed by atoms with Crippen LogP contribution in [0.25, 0.3) is 0 Å². The number of hydrogen-bond acceptors (Lipinski definition) is 4. The third-order valence-electron chi connectivity index (χ3n) is 4.65. The molecule has 2 aliphatic heterocycles. The topological polar surface area (TPSA) is 60.5 Å². The monoisotopic (exact) mass is 288 g/mol. The fourth-order valence-electron chi connectivity index (χ4n) is 2.95. The molecule has 2 unspecified atom stereocenters. The van der Waals surface area contributed by atoms with Crippen LogP contribution in [0.4, 0.5) is 0 Å². The number of hydrogen-bond donors (Lipinski definition) is 1. The van der Waals surface area contributed by atoms with Crippen LogP contribution in [-0.2, 0) is 0 Å². The zero-order valence-electron chi connectivity index (χ0n) is 12.0. The lowest BCUT2D eigenvalue weighted by molar-refractivity contribution is 0.452. The smallest absolute Gasteiger partial charge is 0.164 e. The average molecular weight is 288 g/mol. The summed E-state index contributed by atoms with van der Waals surface area (Å²) in [6.45, 7) is 3.89. The summed E-state index contributed by atoms with van der Waals surface area (Å²) >= 11 is 1.80. The molecule has 2 atom stereocenters. The SMILES string of the molecule is CC1N=C(N=C2NC3(CCCC3)CS2)C=CC1(C)C#N. The van der Waals surface area contributed by atoms with E-state index in [0.29, 0.717) is 0 Å². The molecule has 0 aromatic heterocycles. The number of thioether (sulfide) groups is 1. The normalized spacial score (nSPS) is 37.0.